The zero-order valence-corrected chi connectivity index (χ0v) is 13.4. The molecule has 0 unspecified atom stereocenters. The molecule has 0 aliphatic carbocycles. The van der Waals surface area contributed by atoms with Gasteiger partial charge < -0.3 is 10.6 Å². The number of nitrogens with two attached hydrogens (primary N) is 1. The molecule has 1 aromatic rings. The van der Waals surface area contributed by atoms with E-state index in [9.17, 15) is 0 Å². The monoisotopic (exact) mass is 274 g/mol. The first-order valence-electron chi connectivity index (χ1n) is 8.08. The highest BCUT2D eigenvalue weighted by molar-refractivity contribution is 5.41. The van der Waals surface area contributed by atoms with E-state index in [4.69, 9.17) is 5.73 Å². The number of likely N-dealkylation sites (tertiary alicyclic amines) is 1. The molecule has 2 heteroatoms. The van der Waals surface area contributed by atoms with Crippen LogP contribution in [0.25, 0.3) is 0 Å². The number of nitrogen functional groups attached to an aromatic ring is 1. The lowest BCUT2D eigenvalue weighted by molar-refractivity contribution is 0.137. The maximum absolute atomic E-state index is 5.90. The van der Waals surface area contributed by atoms with Gasteiger partial charge in [0.15, 0.2) is 0 Å². The average Bonchev–Trinajstić information content (AvgIpc) is 2.39. The summed E-state index contributed by atoms with van der Waals surface area (Å²) >= 11 is 0. The van der Waals surface area contributed by atoms with E-state index in [0.29, 0.717) is 11.3 Å². The van der Waals surface area contributed by atoms with Gasteiger partial charge in [-0.1, -0.05) is 39.3 Å². The molecule has 0 saturated carbocycles. The Morgan fingerprint density at radius 1 is 1.25 bits per heavy atom. The van der Waals surface area contributed by atoms with Gasteiger partial charge in [0.2, 0.25) is 0 Å². The van der Waals surface area contributed by atoms with E-state index < -0.39 is 0 Å². The molecule has 20 heavy (non-hydrogen) atoms. The molecular formula is C18H30N2. The van der Waals surface area contributed by atoms with Gasteiger partial charge in [-0.2, -0.15) is 0 Å². The summed E-state index contributed by atoms with van der Waals surface area (Å²) in [5, 5.41) is 0. The number of benzene rings is 1. The van der Waals surface area contributed by atoms with Crippen LogP contribution in [-0.4, -0.2) is 24.5 Å². The fraction of sp³-hybridized carbons (Fsp3) is 0.667. The van der Waals surface area contributed by atoms with Crippen molar-refractivity contribution >= 4 is 5.69 Å². The summed E-state index contributed by atoms with van der Waals surface area (Å²) in [6.45, 7) is 10.8. The molecule has 1 fully saturated rings. The predicted octanol–water partition coefficient (Wildman–Crippen LogP) is 4.27. The molecule has 1 saturated heterocycles. The second-order valence-electron chi connectivity index (χ2n) is 7.13. The third-order valence-electron chi connectivity index (χ3n) is 4.55. The summed E-state index contributed by atoms with van der Waals surface area (Å²) in [5.41, 5.74) is 8.68. The molecule has 0 bridgehead atoms. The minimum absolute atomic E-state index is 0.457. The predicted molar refractivity (Wildman–Crippen MR) is 88.0 cm³/mol. The van der Waals surface area contributed by atoms with Gasteiger partial charge in [0.25, 0.3) is 0 Å². The lowest BCUT2D eigenvalue weighted by Gasteiger charge is -2.37. The Bertz CT molecular complexity index is 417. The average molecular weight is 274 g/mol. The quantitative estimate of drug-likeness (QED) is 0.812. The Morgan fingerprint density at radius 2 is 1.95 bits per heavy atom. The molecule has 2 rings (SSSR count). The van der Waals surface area contributed by atoms with Crippen molar-refractivity contribution in [2.75, 3.05) is 25.4 Å². The van der Waals surface area contributed by atoms with E-state index in [0.717, 1.165) is 5.69 Å². The standard InChI is InChI=1S/C18H30N2/c1-4-10-18(2,3)14-20-11-8-15(9-12-20)16-6-5-7-17(19)13-16/h5-7,13,15H,4,8-12,14,19H2,1-3H3. The Kier molecular flexibility index (Phi) is 5.09. The molecule has 2 nitrogen and oxygen atoms in total. The highest BCUT2D eigenvalue weighted by Gasteiger charge is 2.25. The van der Waals surface area contributed by atoms with Gasteiger partial charge in [-0.15, -0.1) is 0 Å². The zero-order valence-electron chi connectivity index (χ0n) is 13.4. The molecule has 0 atom stereocenters. The molecule has 0 aromatic heterocycles. The molecule has 1 aliphatic rings. The van der Waals surface area contributed by atoms with Crippen molar-refractivity contribution in [2.24, 2.45) is 5.41 Å². The normalized spacial score (nSPS) is 18.4. The van der Waals surface area contributed by atoms with Crippen LogP contribution >= 0.6 is 0 Å². The second-order valence-corrected chi connectivity index (χ2v) is 7.13. The van der Waals surface area contributed by atoms with Crippen molar-refractivity contribution in [1.29, 1.82) is 0 Å². The summed E-state index contributed by atoms with van der Waals surface area (Å²) in [5.74, 6) is 0.698. The highest BCUT2D eigenvalue weighted by Crippen LogP contribution is 2.31. The third kappa shape index (κ3) is 4.24. The smallest absolute Gasteiger partial charge is 0.0316 e. The number of rotatable bonds is 5. The first kappa shape index (κ1) is 15.4. The SMILES string of the molecule is CCCC(C)(C)CN1CCC(c2cccc(N)c2)CC1. The van der Waals surface area contributed by atoms with Crippen molar-refractivity contribution in [3.05, 3.63) is 29.8 Å². The fourth-order valence-electron chi connectivity index (χ4n) is 3.60. The molecule has 2 N–H and O–H groups in total. The van der Waals surface area contributed by atoms with Crippen molar-refractivity contribution < 1.29 is 0 Å². The Hall–Kier alpha value is -1.02. The molecule has 0 radical (unpaired) electrons. The van der Waals surface area contributed by atoms with Crippen LogP contribution in [0.4, 0.5) is 5.69 Å². The van der Waals surface area contributed by atoms with E-state index in [1.165, 1.54) is 50.9 Å². The molecule has 0 amide bonds. The second kappa shape index (κ2) is 6.62. The maximum Gasteiger partial charge on any atom is 0.0316 e. The molecule has 112 valence electrons. The van der Waals surface area contributed by atoms with Gasteiger partial charge in [0.1, 0.15) is 0 Å². The van der Waals surface area contributed by atoms with Crippen molar-refractivity contribution in [1.82, 2.24) is 4.90 Å². The van der Waals surface area contributed by atoms with Crippen LogP contribution < -0.4 is 5.73 Å². The highest BCUT2D eigenvalue weighted by atomic mass is 15.1. The number of hydrogen-bond donors (Lipinski definition) is 1. The molecule has 1 aliphatic heterocycles. The number of hydrogen-bond acceptors (Lipinski definition) is 2. The fourth-order valence-corrected chi connectivity index (χ4v) is 3.60. The molecule has 1 aromatic carbocycles. The van der Waals surface area contributed by atoms with Gasteiger partial charge in [0.05, 0.1) is 0 Å². The number of nitrogens with zero attached hydrogens (tertiary/aromatic N) is 1. The molecule has 1 heterocycles. The van der Waals surface area contributed by atoms with E-state index in [2.05, 4.69) is 43.9 Å². The lowest BCUT2D eigenvalue weighted by atomic mass is 9.85. The summed E-state index contributed by atoms with van der Waals surface area (Å²) in [4.78, 5) is 2.65. The van der Waals surface area contributed by atoms with Crippen molar-refractivity contribution in [3.8, 4) is 0 Å². The van der Waals surface area contributed by atoms with Crippen LogP contribution in [0.3, 0.4) is 0 Å². The van der Waals surface area contributed by atoms with Crippen LogP contribution in [0.1, 0.15) is 57.9 Å². The van der Waals surface area contributed by atoms with E-state index in [1.54, 1.807) is 0 Å². The maximum atomic E-state index is 5.90. The van der Waals surface area contributed by atoms with Gasteiger partial charge >= 0.3 is 0 Å². The number of piperidine rings is 1. The van der Waals surface area contributed by atoms with E-state index >= 15 is 0 Å². The number of anilines is 1. The zero-order chi connectivity index (χ0) is 14.6. The van der Waals surface area contributed by atoms with Gasteiger partial charge in [-0.05, 0) is 61.4 Å². The van der Waals surface area contributed by atoms with Gasteiger partial charge in [-0.3, -0.25) is 0 Å². The van der Waals surface area contributed by atoms with Crippen LogP contribution in [0, 0.1) is 5.41 Å². The first-order chi connectivity index (χ1) is 9.50. The molecular weight excluding hydrogens is 244 g/mol. The van der Waals surface area contributed by atoms with Gasteiger partial charge in [0, 0.05) is 12.2 Å². The largest absolute Gasteiger partial charge is 0.399 e. The van der Waals surface area contributed by atoms with Gasteiger partial charge in [-0.25, -0.2) is 0 Å². The van der Waals surface area contributed by atoms with Crippen LogP contribution in [-0.2, 0) is 0 Å². The minimum atomic E-state index is 0.457. The van der Waals surface area contributed by atoms with Crippen LogP contribution in [0.15, 0.2) is 24.3 Å². The lowest BCUT2D eigenvalue weighted by Crippen LogP contribution is -2.39. The topological polar surface area (TPSA) is 29.3 Å². The Balaban J connectivity index is 1.86. The van der Waals surface area contributed by atoms with Crippen molar-refractivity contribution in [2.45, 2.75) is 52.4 Å². The van der Waals surface area contributed by atoms with Crippen LogP contribution in [0.2, 0.25) is 0 Å². The van der Waals surface area contributed by atoms with Crippen LogP contribution in [0.5, 0.6) is 0 Å². The van der Waals surface area contributed by atoms with E-state index in [1.807, 2.05) is 6.07 Å². The van der Waals surface area contributed by atoms with Crippen molar-refractivity contribution in [3.63, 3.8) is 0 Å². The Morgan fingerprint density at radius 3 is 2.55 bits per heavy atom. The summed E-state index contributed by atoms with van der Waals surface area (Å²) in [6, 6.07) is 8.45. The summed E-state index contributed by atoms with van der Waals surface area (Å²) in [6.07, 6.45) is 5.15. The third-order valence-corrected chi connectivity index (χ3v) is 4.55. The minimum Gasteiger partial charge on any atom is -0.399 e. The first-order valence-corrected chi connectivity index (χ1v) is 8.08. The summed E-state index contributed by atoms with van der Waals surface area (Å²) < 4.78 is 0. The molecule has 0 spiro atoms. The van der Waals surface area contributed by atoms with E-state index in [-0.39, 0.29) is 0 Å². The summed E-state index contributed by atoms with van der Waals surface area (Å²) in [7, 11) is 0. The Labute approximate surface area is 124 Å².